The monoisotopic (exact) mass is 503 g/mol. The van der Waals surface area contributed by atoms with Gasteiger partial charge in [-0.2, -0.15) is 0 Å². The quantitative estimate of drug-likeness (QED) is 0.400. The van der Waals surface area contributed by atoms with E-state index in [1.165, 1.54) is 11.4 Å². The van der Waals surface area contributed by atoms with Gasteiger partial charge >= 0.3 is 0 Å². The highest BCUT2D eigenvalue weighted by molar-refractivity contribution is 6.14. The number of likely N-dealkylation sites (N-methyl/N-ethyl adjacent to an activating group) is 1. The van der Waals surface area contributed by atoms with E-state index in [0.29, 0.717) is 13.1 Å². The standard InChI is InChI=1S/C28H37N3O.2ClH/c1-6-30(7-2)26-14-10-22(11-15-26)18-24-20-29(5)21-25(28(24)32)19-23-12-16-27(17-13-23)31(8-3)9-4;;/h10-19H,6-9,20-21H2,1-5H3;2*1H/b24-18+,25-19+;;. The van der Waals surface area contributed by atoms with Crippen molar-refractivity contribution >= 4 is 54.1 Å². The number of nitrogens with zero attached hydrogens (tertiary/aromatic N) is 3. The highest BCUT2D eigenvalue weighted by atomic mass is 35.5. The summed E-state index contributed by atoms with van der Waals surface area (Å²) in [6, 6.07) is 17.0. The Morgan fingerprint density at radius 3 is 1.29 bits per heavy atom. The summed E-state index contributed by atoms with van der Waals surface area (Å²) in [6.07, 6.45) is 4.09. The lowest BCUT2D eigenvalue weighted by Gasteiger charge is -2.26. The minimum atomic E-state index is 0. The molecule has 3 rings (SSSR count). The van der Waals surface area contributed by atoms with Crippen LogP contribution in [0.2, 0.25) is 0 Å². The average molecular weight is 505 g/mol. The van der Waals surface area contributed by atoms with Crippen molar-refractivity contribution in [3.05, 3.63) is 70.8 Å². The Balaban J connectivity index is 0.00000289. The summed E-state index contributed by atoms with van der Waals surface area (Å²) in [5.74, 6) is 0.156. The van der Waals surface area contributed by atoms with Crippen molar-refractivity contribution in [1.29, 1.82) is 0 Å². The van der Waals surface area contributed by atoms with Gasteiger partial charge in [-0.05, 0) is 82.3 Å². The molecule has 1 heterocycles. The number of carbonyl (C=O) groups excluding carboxylic acids is 1. The van der Waals surface area contributed by atoms with Gasteiger partial charge in [-0.25, -0.2) is 0 Å². The first-order chi connectivity index (χ1) is 15.5. The van der Waals surface area contributed by atoms with E-state index in [9.17, 15) is 4.79 Å². The van der Waals surface area contributed by atoms with Crippen LogP contribution in [0.15, 0.2) is 59.7 Å². The number of Topliss-reactive ketones (excluding diaryl/α,β-unsaturated/α-hetero) is 1. The Kier molecular flexibility index (Phi) is 12.4. The maximum atomic E-state index is 13.2. The Labute approximate surface area is 218 Å². The molecule has 0 aromatic heterocycles. The molecule has 0 bridgehead atoms. The Morgan fingerprint density at radius 1 is 0.676 bits per heavy atom. The molecular formula is C28H39Cl2N3O. The van der Waals surface area contributed by atoms with Gasteiger partial charge in [0.1, 0.15) is 0 Å². The van der Waals surface area contributed by atoms with Crippen molar-refractivity contribution in [2.24, 2.45) is 0 Å². The van der Waals surface area contributed by atoms with Crippen molar-refractivity contribution in [3.63, 3.8) is 0 Å². The van der Waals surface area contributed by atoms with Crippen LogP contribution in [0.4, 0.5) is 11.4 Å². The van der Waals surface area contributed by atoms with Crippen molar-refractivity contribution in [2.45, 2.75) is 27.7 Å². The second-order valence-electron chi connectivity index (χ2n) is 8.37. The Bertz CT molecular complexity index is 883. The second kappa shape index (κ2) is 14.2. The van der Waals surface area contributed by atoms with Crippen molar-refractivity contribution in [3.8, 4) is 0 Å². The maximum Gasteiger partial charge on any atom is 0.187 e. The summed E-state index contributed by atoms with van der Waals surface area (Å²) in [5, 5.41) is 0. The molecule has 0 aliphatic carbocycles. The van der Waals surface area contributed by atoms with Crippen LogP contribution in [0.25, 0.3) is 12.2 Å². The summed E-state index contributed by atoms with van der Waals surface area (Å²) < 4.78 is 0. The molecule has 0 spiro atoms. The van der Waals surface area contributed by atoms with Crippen LogP contribution in [0.1, 0.15) is 38.8 Å². The number of anilines is 2. The molecule has 1 saturated heterocycles. The number of piperidine rings is 1. The second-order valence-corrected chi connectivity index (χ2v) is 8.37. The average Bonchev–Trinajstić information content (AvgIpc) is 2.80. The third-order valence-corrected chi connectivity index (χ3v) is 6.19. The van der Waals surface area contributed by atoms with Crippen LogP contribution < -0.4 is 9.80 Å². The van der Waals surface area contributed by atoms with Gasteiger partial charge in [0.15, 0.2) is 5.78 Å². The van der Waals surface area contributed by atoms with Gasteiger partial charge in [0.2, 0.25) is 0 Å². The molecule has 4 nitrogen and oxygen atoms in total. The fraction of sp³-hybridized carbons (Fsp3) is 0.393. The molecule has 2 aromatic carbocycles. The predicted octanol–water partition coefficient (Wildman–Crippen LogP) is 6.20. The summed E-state index contributed by atoms with van der Waals surface area (Å²) in [4.78, 5) is 20.1. The Morgan fingerprint density at radius 2 is 1.00 bits per heavy atom. The zero-order valence-corrected chi connectivity index (χ0v) is 22.7. The minimum absolute atomic E-state index is 0. The highest BCUT2D eigenvalue weighted by Crippen LogP contribution is 2.23. The first-order valence-corrected chi connectivity index (χ1v) is 11.8. The first kappa shape index (κ1) is 29.8. The lowest BCUT2D eigenvalue weighted by Crippen LogP contribution is -2.34. The maximum absolute atomic E-state index is 13.2. The van der Waals surface area contributed by atoms with Gasteiger partial charge in [-0.1, -0.05) is 24.3 Å². The number of ketones is 1. The molecule has 0 atom stereocenters. The van der Waals surface area contributed by atoms with Crippen molar-refractivity contribution < 1.29 is 4.79 Å². The van der Waals surface area contributed by atoms with E-state index >= 15 is 0 Å². The third-order valence-electron chi connectivity index (χ3n) is 6.19. The van der Waals surface area contributed by atoms with E-state index in [1.54, 1.807) is 0 Å². The number of halogens is 2. The van der Waals surface area contributed by atoms with Crippen LogP contribution >= 0.6 is 24.8 Å². The van der Waals surface area contributed by atoms with Gasteiger partial charge in [-0.15, -0.1) is 24.8 Å². The fourth-order valence-corrected chi connectivity index (χ4v) is 4.35. The molecule has 6 heteroatoms. The Hall–Kier alpha value is -2.27. The highest BCUT2D eigenvalue weighted by Gasteiger charge is 2.24. The van der Waals surface area contributed by atoms with Gasteiger partial charge < -0.3 is 9.80 Å². The van der Waals surface area contributed by atoms with E-state index < -0.39 is 0 Å². The van der Waals surface area contributed by atoms with Crippen LogP contribution in [0.3, 0.4) is 0 Å². The molecule has 0 radical (unpaired) electrons. The molecule has 0 N–H and O–H groups in total. The van der Waals surface area contributed by atoms with E-state index in [0.717, 1.165) is 48.5 Å². The first-order valence-electron chi connectivity index (χ1n) is 11.8. The minimum Gasteiger partial charge on any atom is -0.372 e. The van der Waals surface area contributed by atoms with E-state index in [2.05, 4.69) is 98.0 Å². The largest absolute Gasteiger partial charge is 0.372 e. The molecule has 1 aliphatic heterocycles. The molecule has 1 fully saturated rings. The van der Waals surface area contributed by atoms with Crippen molar-refractivity contribution in [1.82, 2.24) is 4.90 Å². The van der Waals surface area contributed by atoms with E-state index in [-0.39, 0.29) is 30.6 Å². The fourth-order valence-electron chi connectivity index (χ4n) is 4.35. The van der Waals surface area contributed by atoms with E-state index in [4.69, 9.17) is 0 Å². The number of hydrogen-bond donors (Lipinski definition) is 0. The molecule has 1 aliphatic rings. The summed E-state index contributed by atoms with van der Waals surface area (Å²) in [5.41, 5.74) is 6.28. The molecule has 34 heavy (non-hydrogen) atoms. The van der Waals surface area contributed by atoms with Gasteiger partial charge in [0.05, 0.1) is 0 Å². The lowest BCUT2D eigenvalue weighted by molar-refractivity contribution is -0.113. The SMILES string of the molecule is CCN(CC)c1ccc(/C=C2\CN(C)C/C(=C\c3ccc(N(CC)CC)cc3)C2=O)cc1.Cl.Cl. The summed E-state index contributed by atoms with van der Waals surface area (Å²) >= 11 is 0. The molecule has 0 saturated carbocycles. The zero-order valence-electron chi connectivity index (χ0n) is 21.1. The summed E-state index contributed by atoms with van der Waals surface area (Å²) in [6.45, 7) is 14.0. The van der Waals surface area contributed by atoms with E-state index in [1.807, 2.05) is 12.2 Å². The van der Waals surface area contributed by atoms with Gasteiger partial charge in [0.25, 0.3) is 0 Å². The van der Waals surface area contributed by atoms with Gasteiger partial charge in [0, 0.05) is 61.8 Å². The van der Waals surface area contributed by atoms with Crippen LogP contribution in [0.5, 0.6) is 0 Å². The molecule has 0 unspecified atom stereocenters. The number of rotatable bonds is 8. The topological polar surface area (TPSA) is 26.8 Å². The molecule has 0 amide bonds. The normalized spacial score (nSPS) is 16.2. The van der Waals surface area contributed by atoms with Gasteiger partial charge in [-0.3, -0.25) is 9.69 Å². The number of carbonyl (C=O) groups is 1. The number of hydrogen-bond acceptors (Lipinski definition) is 4. The van der Waals surface area contributed by atoms with Crippen molar-refractivity contribution in [2.75, 3.05) is 56.1 Å². The van der Waals surface area contributed by atoms with Crippen LogP contribution in [0, 0.1) is 0 Å². The third kappa shape index (κ3) is 7.36. The zero-order chi connectivity index (χ0) is 23.1. The lowest BCUT2D eigenvalue weighted by atomic mass is 9.94. The van der Waals surface area contributed by atoms with Crippen LogP contribution in [-0.2, 0) is 4.79 Å². The number of benzene rings is 2. The number of likely N-dealkylation sites (tertiary alicyclic amines) is 1. The van der Waals surface area contributed by atoms with Crippen LogP contribution in [-0.4, -0.2) is 57.0 Å². The predicted molar refractivity (Wildman–Crippen MR) is 153 cm³/mol. The molecule has 186 valence electrons. The molecule has 2 aromatic rings. The molecular weight excluding hydrogens is 465 g/mol. The smallest absolute Gasteiger partial charge is 0.187 e. The summed E-state index contributed by atoms with van der Waals surface area (Å²) in [7, 11) is 2.07.